The zero-order chi connectivity index (χ0) is 26.3. The molecule has 0 bridgehead atoms. The standard InChI is InChI=1S/C29H27ClF2N2O3/c1-17-9-12-19(30)15-21(17)27(35)33-20-13-10-18(11-14-20)16-34-25-8-3-2-5-22(25)29(37,28(34)36)23-6-4-7-24(31)26(23)32/h2-9,12,15,18,20,37H,10-11,13-14,16H2,1H3,(H,33,35). The van der Waals surface area contributed by atoms with E-state index < -0.39 is 28.7 Å². The quantitative estimate of drug-likeness (QED) is 0.463. The molecule has 2 aliphatic rings. The van der Waals surface area contributed by atoms with Gasteiger partial charge < -0.3 is 15.3 Å². The van der Waals surface area contributed by atoms with E-state index in [1.807, 2.05) is 13.0 Å². The molecule has 5 rings (SSSR count). The van der Waals surface area contributed by atoms with Crippen LogP contribution in [0.4, 0.5) is 14.5 Å². The fourth-order valence-corrected chi connectivity index (χ4v) is 5.68. The van der Waals surface area contributed by atoms with Crippen molar-refractivity contribution in [3.8, 4) is 0 Å². The number of halogens is 3. The van der Waals surface area contributed by atoms with Crippen LogP contribution in [-0.4, -0.2) is 29.5 Å². The lowest BCUT2D eigenvalue weighted by Gasteiger charge is -2.32. The van der Waals surface area contributed by atoms with Gasteiger partial charge in [-0.2, -0.15) is 0 Å². The Morgan fingerprint density at radius 2 is 1.76 bits per heavy atom. The summed E-state index contributed by atoms with van der Waals surface area (Å²) in [6.45, 7) is 2.20. The van der Waals surface area contributed by atoms with Gasteiger partial charge in [-0.25, -0.2) is 8.78 Å². The summed E-state index contributed by atoms with van der Waals surface area (Å²) < 4.78 is 28.7. The Hall–Kier alpha value is -3.29. The summed E-state index contributed by atoms with van der Waals surface area (Å²) in [5.41, 5.74) is -0.562. The van der Waals surface area contributed by atoms with Gasteiger partial charge in [-0.1, -0.05) is 48.0 Å². The monoisotopic (exact) mass is 524 g/mol. The third-order valence-corrected chi connectivity index (χ3v) is 7.78. The fourth-order valence-electron chi connectivity index (χ4n) is 5.51. The predicted octanol–water partition coefficient (Wildman–Crippen LogP) is 5.50. The molecule has 192 valence electrons. The van der Waals surface area contributed by atoms with Crippen molar-refractivity contribution in [1.82, 2.24) is 5.32 Å². The average Bonchev–Trinajstić information content (AvgIpc) is 3.10. The van der Waals surface area contributed by atoms with E-state index >= 15 is 0 Å². The second-order valence-electron chi connectivity index (χ2n) is 9.90. The van der Waals surface area contributed by atoms with Crippen LogP contribution in [0.1, 0.15) is 52.7 Å². The summed E-state index contributed by atoms with van der Waals surface area (Å²) >= 11 is 6.06. The maximum Gasteiger partial charge on any atom is 0.268 e. The second kappa shape index (κ2) is 9.88. The Labute approximate surface area is 219 Å². The number of benzene rings is 3. The van der Waals surface area contributed by atoms with Gasteiger partial charge in [0, 0.05) is 34.3 Å². The van der Waals surface area contributed by atoms with Crippen molar-refractivity contribution >= 4 is 29.1 Å². The highest BCUT2D eigenvalue weighted by molar-refractivity contribution is 6.31. The van der Waals surface area contributed by atoms with Crippen molar-refractivity contribution in [3.63, 3.8) is 0 Å². The molecule has 0 aromatic heterocycles. The highest BCUT2D eigenvalue weighted by atomic mass is 35.5. The molecule has 1 heterocycles. The highest BCUT2D eigenvalue weighted by Crippen LogP contribution is 2.46. The molecule has 1 aliphatic carbocycles. The molecule has 1 saturated carbocycles. The number of hydrogen-bond acceptors (Lipinski definition) is 3. The van der Waals surface area contributed by atoms with Crippen molar-refractivity contribution in [2.75, 3.05) is 11.4 Å². The molecular weight excluding hydrogens is 498 g/mol. The van der Waals surface area contributed by atoms with Gasteiger partial charge in [0.05, 0.1) is 5.69 Å². The summed E-state index contributed by atoms with van der Waals surface area (Å²) in [4.78, 5) is 27.8. The van der Waals surface area contributed by atoms with Crippen molar-refractivity contribution in [3.05, 3.63) is 99.6 Å². The van der Waals surface area contributed by atoms with E-state index in [1.54, 1.807) is 36.4 Å². The summed E-state index contributed by atoms with van der Waals surface area (Å²) in [6, 6.07) is 15.4. The Kier molecular flexibility index (Phi) is 6.77. The first-order chi connectivity index (χ1) is 17.7. The van der Waals surface area contributed by atoms with Crippen molar-refractivity contribution in [2.45, 2.75) is 44.2 Å². The molecule has 1 fully saturated rings. The van der Waals surface area contributed by atoms with Crippen LogP contribution in [0.15, 0.2) is 60.7 Å². The third kappa shape index (κ3) is 4.51. The number of carbonyl (C=O) groups excluding carboxylic acids is 2. The van der Waals surface area contributed by atoms with Crippen LogP contribution in [0, 0.1) is 24.5 Å². The number of hydrogen-bond donors (Lipinski definition) is 2. The van der Waals surface area contributed by atoms with E-state index in [4.69, 9.17) is 11.6 Å². The molecule has 8 heteroatoms. The van der Waals surface area contributed by atoms with Gasteiger partial charge in [0.15, 0.2) is 17.2 Å². The minimum Gasteiger partial charge on any atom is -0.372 e. The first kappa shape index (κ1) is 25.4. The molecule has 1 aliphatic heterocycles. The van der Waals surface area contributed by atoms with E-state index in [1.165, 1.54) is 17.0 Å². The van der Waals surface area contributed by atoms with Crippen LogP contribution in [-0.2, 0) is 10.4 Å². The number of aryl methyl sites for hydroxylation is 1. The van der Waals surface area contributed by atoms with Crippen molar-refractivity contribution in [2.24, 2.45) is 5.92 Å². The lowest BCUT2D eigenvalue weighted by Crippen LogP contribution is -2.45. The molecule has 1 unspecified atom stereocenters. The molecule has 5 nitrogen and oxygen atoms in total. The number of fused-ring (bicyclic) bond motifs is 1. The molecule has 1 atom stereocenters. The molecule has 37 heavy (non-hydrogen) atoms. The van der Waals surface area contributed by atoms with Gasteiger partial charge in [0.2, 0.25) is 0 Å². The van der Waals surface area contributed by atoms with Crippen LogP contribution in [0.25, 0.3) is 0 Å². The zero-order valence-corrected chi connectivity index (χ0v) is 21.1. The Bertz CT molecular complexity index is 1370. The highest BCUT2D eigenvalue weighted by Gasteiger charge is 2.52. The van der Waals surface area contributed by atoms with Crippen LogP contribution in [0.5, 0.6) is 0 Å². The lowest BCUT2D eigenvalue weighted by atomic mass is 9.85. The normalized spacial score (nSPS) is 23.2. The number of para-hydroxylation sites is 1. The topological polar surface area (TPSA) is 69.6 Å². The van der Waals surface area contributed by atoms with E-state index in [0.717, 1.165) is 37.3 Å². The minimum absolute atomic E-state index is 0.00187. The van der Waals surface area contributed by atoms with E-state index in [9.17, 15) is 23.5 Å². The lowest BCUT2D eigenvalue weighted by molar-refractivity contribution is -0.132. The van der Waals surface area contributed by atoms with Crippen molar-refractivity contribution < 1.29 is 23.5 Å². The van der Waals surface area contributed by atoms with Gasteiger partial charge in [0.1, 0.15) is 0 Å². The van der Waals surface area contributed by atoms with E-state index in [2.05, 4.69) is 5.32 Å². The SMILES string of the molecule is Cc1ccc(Cl)cc1C(=O)NC1CCC(CN2C(=O)C(O)(c3cccc(F)c3F)c3ccccc32)CC1. The largest absolute Gasteiger partial charge is 0.372 e. The molecular formula is C29H27ClF2N2O3. The maximum absolute atomic E-state index is 14.7. The molecule has 0 spiro atoms. The predicted molar refractivity (Wildman–Crippen MR) is 138 cm³/mol. The number of aliphatic hydroxyl groups is 1. The van der Waals surface area contributed by atoms with Crippen LogP contribution >= 0.6 is 11.6 Å². The maximum atomic E-state index is 14.7. The first-order valence-corrected chi connectivity index (χ1v) is 12.7. The number of nitrogens with zero attached hydrogens (tertiary/aromatic N) is 1. The molecule has 3 aromatic carbocycles. The number of carbonyl (C=O) groups is 2. The summed E-state index contributed by atoms with van der Waals surface area (Å²) in [5, 5.41) is 15.1. The Morgan fingerprint density at radius 1 is 1.05 bits per heavy atom. The van der Waals surface area contributed by atoms with Gasteiger partial charge in [0.25, 0.3) is 11.8 Å². The Balaban J connectivity index is 1.29. The van der Waals surface area contributed by atoms with E-state index in [0.29, 0.717) is 22.8 Å². The average molecular weight is 525 g/mol. The molecule has 2 N–H and O–H groups in total. The smallest absolute Gasteiger partial charge is 0.268 e. The fraction of sp³-hybridized carbons (Fsp3) is 0.310. The molecule has 3 aromatic rings. The molecule has 2 amide bonds. The summed E-state index contributed by atoms with van der Waals surface area (Å²) in [6.07, 6.45) is 3.00. The summed E-state index contributed by atoms with van der Waals surface area (Å²) in [7, 11) is 0. The number of rotatable bonds is 5. The second-order valence-corrected chi connectivity index (χ2v) is 10.3. The van der Waals surface area contributed by atoms with Crippen LogP contribution in [0.3, 0.4) is 0 Å². The van der Waals surface area contributed by atoms with Gasteiger partial charge >= 0.3 is 0 Å². The first-order valence-electron chi connectivity index (χ1n) is 12.4. The number of nitrogens with one attached hydrogen (secondary N) is 1. The zero-order valence-electron chi connectivity index (χ0n) is 20.3. The summed E-state index contributed by atoms with van der Waals surface area (Å²) in [5.74, 6) is -3.08. The van der Waals surface area contributed by atoms with Crippen LogP contribution in [0.2, 0.25) is 5.02 Å². The van der Waals surface area contributed by atoms with Gasteiger partial charge in [-0.05, 0) is 68.4 Å². The molecule has 0 saturated heterocycles. The minimum atomic E-state index is -2.30. The van der Waals surface area contributed by atoms with Crippen molar-refractivity contribution in [1.29, 1.82) is 0 Å². The van der Waals surface area contributed by atoms with Gasteiger partial charge in [-0.15, -0.1) is 0 Å². The van der Waals surface area contributed by atoms with Crippen LogP contribution < -0.4 is 10.2 Å². The number of amides is 2. The van der Waals surface area contributed by atoms with Gasteiger partial charge in [-0.3, -0.25) is 9.59 Å². The van der Waals surface area contributed by atoms with E-state index in [-0.39, 0.29) is 23.4 Å². The number of anilines is 1. The Morgan fingerprint density at radius 3 is 2.51 bits per heavy atom. The molecule has 0 radical (unpaired) electrons. The third-order valence-electron chi connectivity index (χ3n) is 7.55.